The SMILES string of the molecule is O=c1[nH]n([C@@H]2O[C@H](CO)[C@@H](O)[C@H]2O)c(=O)c2ncccc12. The van der Waals surface area contributed by atoms with Gasteiger partial charge in [-0.25, -0.2) is 4.68 Å². The van der Waals surface area contributed by atoms with Gasteiger partial charge in [-0.05, 0) is 12.1 Å². The number of H-pyrrole nitrogens is 1. The van der Waals surface area contributed by atoms with Gasteiger partial charge in [0.25, 0.3) is 11.1 Å². The van der Waals surface area contributed by atoms with Crippen molar-refractivity contribution in [2.24, 2.45) is 0 Å². The summed E-state index contributed by atoms with van der Waals surface area (Å²) in [4.78, 5) is 28.1. The topological polar surface area (TPSA) is 138 Å². The minimum Gasteiger partial charge on any atom is -0.394 e. The van der Waals surface area contributed by atoms with Crippen LogP contribution in [0, 0.1) is 0 Å². The van der Waals surface area contributed by atoms with Crippen LogP contribution in [0.15, 0.2) is 27.9 Å². The number of fused-ring (bicyclic) bond motifs is 1. The Hall–Kier alpha value is -2.07. The third-order valence-corrected chi connectivity index (χ3v) is 3.47. The molecule has 4 atom stereocenters. The lowest BCUT2D eigenvalue weighted by Gasteiger charge is -2.17. The molecule has 4 N–H and O–H groups in total. The molecular formula is C12H13N3O6. The summed E-state index contributed by atoms with van der Waals surface area (Å²) in [5.41, 5.74) is -1.31. The molecule has 0 radical (unpaired) electrons. The Bertz CT molecular complexity index is 784. The zero-order valence-corrected chi connectivity index (χ0v) is 10.7. The smallest absolute Gasteiger partial charge is 0.294 e. The summed E-state index contributed by atoms with van der Waals surface area (Å²) in [6, 6.07) is 2.97. The average molecular weight is 295 g/mol. The van der Waals surface area contributed by atoms with Gasteiger partial charge in [0.05, 0.1) is 12.0 Å². The Morgan fingerprint density at radius 1 is 1.33 bits per heavy atom. The van der Waals surface area contributed by atoms with E-state index in [-0.39, 0.29) is 10.9 Å². The van der Waals surface area contributed by atoms with Gasteiger partial charge in [-0.3, -0.25) is 19.7 Å². The highest BCUT2D eigenvalue weighted by Crippen LogP contribution is 2.27. The Kier molecular flexibility index (Phi) is 3.33. The molecule has 2 aromatic heterocycles. The van der Waals surface area contributed by atoms with Gasteiger partial charge in [-0.2, -0.15) is 0 Å². The van der Waals surface area contributed by atoms with E-state index in [4.69, 9.17) is 9.84 Å². The van der Waals surface area contributed by atoms with E-state index in [2.05, 4.69) is 10.1 Å². The van der Waals surface area contributed by atoms with E-state index in [0.29, 0.717) is 0 Å². The summed E-state index contributed by atoms with van der Waals surface area (Å²) in [5.74, 6) is 0. The lowest BCUT2D eigenvalue weighted by molar-refractivity contribution is -0.0610. The largest absolute Gasteiger partial charge is 0.394 e. The number of ether oxygens (including phenoxy) is 1. The number of aromatic nitrogens is 3. The van der Waals surface area contributed by atoms with Crippen LogP contribution in [0.3, 0.4) is 0 Å². The van der Waals surface area contributed by atoms with E-state index >= 15 is 0 Å². The predicted octanol–water partition coefficient (Wildman–Crippen LogP) is -2.30. The number of hydrogen-bond donors (Lipinski definition) is 4. The molecule has 21 heavy (non-hydrogen) atoms. The molecule has 0 amide bonds. The Morgan fingerprint density at radius 2 is 2.10 bits per heavy atom. The molecule has 3 rings (SSSR count). The van der Waals surface area contributed by atoms with Crippen molar-refractivity contribution < 1.29 is 20.1 Å². The maximum absolute atomic E-state index is 12.3. The summed E-state index contributed by atoms with van der Waals surface area (Å²) in [6.07, 6.45) is -3.81. The molecule has 9 heteroatoms. The first-order valence-corrected chi connectivity index (χ1v) is 6.26. The number of hydrogen-bond acceptors (Lipinski definition) is 7. The van der Waals surface area contributed by atoms with E-state index in [0.717, 1.165) is 4.68 Å². The molecule has 112 valence electrons. The molecule has 1 saturated heterocycles. The fourth-order valence-electron chi connectivity index (χ4n) is 2.37. The van der Waals surface area contributed by atoms with Crippen molar-refractivity contribution >= 4 is 10.9 Å². The van der Waals surface area contributed by atoms with Gasteiger partial charge in [0, 0.05) is 6.20 Å². The lowest BCUT2D eigenvalue weighted by Crippen LogP contribution is -2.39. The van der Waals surface area contributed by atoms with Crippen molar-refractivity contribution in [3.05, 3.63) is 39.0 Å². The Morgan fingerprint density at radius 3 is 2.76 bits per heavy atom. The molecule has 0 bridgehead atoms. The highest BCUT2D eigenvalue weighted by Gasteiger charge is 2.44. The zero-order valence-electron chi connectivity index (χ0n) is 10.7. The van der Waals surface area contributed by atoms with Crippen LogP contribution in [0.5, 0.6) is 0 Å². The van der Waals surface area contributed by atoms with E-state index in [1.54, 1.807) is 0 Å². The number of pyridine rings is 1. The molecule has 0 aliphatic carbocycles. The second-order valence-electron chi connectivity index (χ2n) is 4.74. The number of rotatable bonds is 2. The van der Waals surface area contributed by atoms with Gasteiger partial charge in [-0.15, -0.1) is 0 Å². The quantitative estimate of drug-likeness (QED) is 0.488. The maximum atomic E-state index is 12.3. The second kappa shape index (κ2) is 5.04. The lowest BCUT2D eigenvalue weighted by atomic mass is 10.1. The zero-order chi connectivity index (χ0) is 15.1. The molecule has 1 aliphatic heterocycles. The first kappa shape index (κ1) is 13.9. The van der Waals surface area contributed by atoms with Crippen molar-refractivity contribution in [2.75, 3.05) is 6.61 Å². The molecule has 0 unspecified atom stereocenters. The monoisotopic (exact) mass is 295 g/mol. The molecule has 0 spiro atoms. The van der Waals surface area contributed by atoms with Crippen LogP contribution in [0.25, 0.3) is 10.9 Å². The third-order valence-electron chi connectivity index (χ3n) is 3.47. The van der Waals surface area contributed by atoms with Crippen LogP contribution in [0.4, 0.5) is 0 Å². The van der Waals surface area contributed by atoms with E-state index in [9.17, 15) is 19.8 Å². The molecule has 1 fully saturated rings. The van der Waals surface area contributed by atoms with Gasteiger partial charge >= 0.3 is 0 Å². The fourth-order valence-corrected chi connectivity index (χ4v) is 2.37. The highest BCUT2D eigenvalue weighted by molar-refractivity contribution is 5.75. The van der Waals surface area contributed by atoms with Crippen LogP contribution in [-0.2, 0) is 4.74 Å². The molecule has 0 saturated carbocycles. The average Bonchev–Trinajstić information content (AvgIpc) is 2.79. The van der Waals surface area contributed by atoms with E-state index in [1.807, 2.05) is 0 Å². The summed E-state index contributed by atoms with van der Waals surface area (Å²) >= 11 is 0. The van der Waals surface area contributed by atoms with Gasteiger partial charge in [0.2, 0.25) is 0 Å². The first-order chi connectivity index (χ1) is 10.0. The van der Waals surface area contributed by atoms with Gasteiger partial charge in [0.1, 0.15) is 23.8 Å². The number of aromatic amines is 1. The summed E-state index contributed by atoms with van der Waals surface area (Å²) in [7, 11) is 0. The third kappa shape index (κ3) is 2.07. The fraction of sp³-hybridized carbons (Fsp3) is 0.417. The molecule has 0 aromatic carbocycles. The van der Waals surface area contributed by atoms with Gasteiger partial charge < -0.3 is 20.1 Å². The van der Waals surface area contributed by atoms with Gasteiger partial charge in [0.15, 0.2) is 6.23 Å². The molecule has 3 heterocycles. The van der Waals surface area contributed by atoms with Crippen molar-refractivity contribution in [2.45, 2.75) is 24.5 Å². The highest BCUT2D eigenvalue weighted by atomic mass is 16.6. The molecule has 2 aromatic rings. The standard InChI is InChI=1S/C12H13N3O6/c16-4-6-8(17)9(18)12(21-6)15-11(20)7-5(10(19)14-15)2-1-3-13-7/h1-3,6,8-9,12,16-18H,4H2,(H,14,19)/t6-,8-,9-,12-/m1/s1. The molecular weight excluding hydrogens is 282 g/mol. The number of nitrogens with zero attached hydrogens (tertiary/aromatic N) is 2. The Labute approximate surface area is 117 Å². The number of aliphatic hydroxyl groups excluding tert-OH is 3. The van der Waals surface area contributed by atoms with E-state index < -0.39 is 42.3 Å². The minimum absolute atomic E-state index is 0.0704. The maximum Gasteiger partial charge on any atom is 0.294 e. The predicted molar refractivity (Wildman–Crippen MR) is 69.6 cm³/mol. The van der Waals surface area contributed by atoms with Crippen LogP contribution in [0.2, 0.25) is 0 Å². The molecule has 1 aliphatic rings. The summed E-state index contributed by atoms with van der Waals surface area (Å²) < 4.78 is 6.00. The summed E-state index contributed by atoms with van der Waals surface area (Å²) in [6.45, 7) is -0.528. The number of nitrogens with one attached hydrogen (secondary N) is 1. The molecule has 9 nitrogen and oxygen atoms in total. The normalized spacial score (nSPS) is 29.1. The van der Waals surface area contributed by atoms with Crippen molar-refractivity contribution in [3.63, 3.8) is 0 Å². The first-order valence-electron chi connectivity index (χ1n) is 6.26. The van der Waals surface area contributed by atoms with E-state index in [1.165, 1.54) is 18.3 Å². The van der Waals surface area contributed by atoms with Crippen molar-refractivity contribution in [3.8, 4) is 0 Å². The Balaban J connectivity index is 2.16. The number of aliphatic hydroxyl groups is 3. The van der Waals surface area contributed by atoms with Crippen molar-refractivity contribution in [1.29, 1.82) is 0 Å². The van der Waals surface area contributed by atoms with Gasteiger partial charge in [-0.1, -0.05) is 0 Å². The van der Waals surface area contributed by atoms with Crippen LogP contribution >= 0.6 is 0 Å². The van der Waals surface area contributed by atoms with Crippen LogP contribution in [-0.4, -0.2) is 55.0 Å². The van der Waals surface area contributed by atoms with Crippen molar-refractivity contribution in [1.82, 2.24) is 14.8 Å². The van der Waals surface area contributed by atoms with Crippen LogP contribution < -0.4 is 11.1 Å². The second-order valence-corrected chi connectivity index (χ2v) is 4.74. The minimum atomic E-state index is -1.46. The summed E-state index contributed by atoms with van der Waals surface area (Å²) in [5, 5.41) is 31.1. The van der Waals surface area contributed by atoms with Crippen LogP contribution in [0.1, 0.15) is 6.23 Å².